The molecule has 0 spiro atoms. The molecule has 0 aliphatic rings. The van der Waals surface area contributed by atoms with Gasteiger partial charge in [-0.1, -0.05) is 24.3 Å². The Hall–Kier alpha value is -1.02. The summed E-state index contributed by atoms with van der Waals surface area (Å²) in [6.07, 6.45) is 2.07. The van der Waals surface area contributed by atoms with E-state index in [2.05, 4.69) is 49.4 Å². The third kappa shape index (κ3) is 1.40. The number of fused-ring (bicyclic) bond motifs is 1. The number of benzene rings is 1. The average molecular weight is 203 g/mol. The van der Waals surface area contributed by atoms with Crippen molar-refractivity contribution < 1.29 is 0 Å². The van der Waals surface area contributed by atoms with Gasteiger partial charge in [0.25, 0.3) is 0 Å². The van der Waals surface area contributed by atoms with Crippen molar-refractivity contribution in [3.05, 3.63) is 35.5 Å². The molecule has 0 aliphatic heterocycles. The van der Waals surface area contributed by atoms with Crippen LogP contribution in [0, 0.1) is 13.8 Å². The van der Waals surface area contributed by atoms with E-state index in [4.69, 9.17) is 0 Å². The number of thioether (sulfide) groups is 1. The molecule has 0 radical (unpaired) electrons. The molecule has 72 valence electrons. The molecule has 2 heteroatoms. The van der Waals surface area contributed by atoms with Crippen molar-refractivity contribution in [3.8, 4) is 0 Å². The van der Waals surface area contributed by atoms with Crippen LogP contribution >= 0.6 is 11.8 Å². The molecule has 1 aromatic heterocycles. The summed E-state index contributed by atoms with van der Waals surface area (Å²) in [4.78, 5) is 4.58. The van der Waals surface area contributed by atoms with Crippen LogP contribution in [0.2, 0.25) is 0 Å². The van der Waals surface area contributed by atoms with Gasteiger partial charge in [0.05, 0.1) is 0 Å². The molecule has 0 bridgehead atoms. The van der Waals surface area contributed by atoms with Gasteiger partial charge in [-0.2, -0.15) is 0 Å². The Labute approximate surface area is 88.6 Å². The number of pyridine rings is 1. The van der Waals surface area contributed by atoms with Gasteiger partial charge in [0, 0.05) is 11.1 Å². The summed E-state index contributed by atoms with van der Waals surface area (Å²) in [5.74, 6) is 0. The Morgan fingerprint density at radius 1 is 1.07 bits per heavy atom. The Bertz CT molecular complexity index is 477. The number of aromatic nitrogens is 1. The van der Waals surface area contributed by atoms with E-state index in [-0.39, 0.29) is 0 Å². The van der Waals surface area contributed by atoms with Crippen molar-refractivity contribution in [1.29, 1.82) is 0 Å². The van der Waals surface area contributed by atoms with Gasteiger partial charge in [-0.25, -0.2) is 4.98 Å². The number of hydrogen-bond donors (Lipinski definition) is 0. The normalized spacial score (nSPS) is 10.8. The molecule has 0 atom stereocenters. The minimum atomic E-state index is 1.13. The molecule has 2 rings (SSSR count). The first-order valence-electron chi connectivity index (χ1n) is 4.64. The summed E-state index contributed by atoms with van der Waals surface area (Å²) in [6.45, 7) is 4.20. The summed E-state index contributed by atoms with van der Waals surface area (Å²) in [7, 11) is 0. The third-order valence-corrected chi connectivity index (χ3v) is 3.26. The molecular formula is C12H13NS. The Morgan fingerprint density at radius 3 is 2.36 bits per heavy atom. The van der Waals surface area contributed by atoms with Gasteiger partial charge in [-0.05, 0) is 31.1 Å². The first-order chi connectivity index (χ1) is 6.74. The predicted octanol–water partition coefficient (Wildman–Crippen LogP) is 3.57. The van der Waals surface area contributed by atoms with Crippen LogP contribution in [-0.4, -0.2) is 11.2 Å². The molecule has 0 aliphatic carbocycles. The van der Waals surface area contributed by atoms with Gasteiger partial charge < -0.3 is 0 Å². The summed E-state index contributed by atoms with van der Waals surface area (Å²) in [5, 5.41) is 3.72. The van der Waals surface area contributed by atoms with E-state index in [9.17, 15) is 0 Å². The van der Waals surface area contributed by atoms with E-state index in [1.165, 1.54) is 16.3 Å². The summed E-state index contributed by atoms with van der Waals surface area (Å²) < 4.78 is 0. The maximum atomic E-state index is 4.58. The first kappa shape index (κ1) is 9.53. The monoisotopic (exact) mass is 203 g/mol. The zero-order valence-electron chi connectivity index (χ0n) is 8.66. The predicted molar refractivity (Wildman–Crippen MR) is 63.0 cm³/mol. The van der Waals surface area contributed by atoms with Gasteiger partial charge in [0.2, 0.25) is 0 Å². The molecule has 2 aromatic rings. The van der Waals surface area contributed by atoms with E-state index < -0.39 is 0 Å². The first-order valence-corrected chi connectivity index (χ1v) is 5.86. The number of nitrogens with zero attached hydrogens (tertiary/aromatic N) is 1. The molecule has 0 N–H and O–H groups in total. The molecule has 0 saturated carbocycles. The summed E-state index contributed by atoms with van der Waals surface area (Å²) in [5.41, 5.74) is 2.42. The highest BCUT2D eigenvalue weighted by Gasteiger charge is 2.06. The van der Waals surface area contributed by atoms with Gasteiger partial charge in [0.1, 0.15) is 5.03 Å². The summed E-state index contributed by atoms with van der Waals surface area (Å²) in [6, 6.07) is 8.46. The van der Waals surface area contributed by atoms with Crippen molar-refractivity contribution in [2.45, 2.75) is 18.9 Å². The molecule has 0 unspecified atom stereocenters. The van der Waals surface area contributed by atoms with Crippen LogP contribution in [0.15, 0.2) is 29.3 Å². The minimum Gasteiger partial charge on any atom is -0.246 e. The van der Waals surface area contributed by atoms with Gasteiger partial charge in [0.15, 0.2) is 0 Å². The smallest absolute Gasteiger partial charge is 0.104 e. The lowest BCUT2D eigenvalue weighted by Crippen LogP contribution is -1.91. The zero-order valence-corrected chi connectivity index (χ0v) is 9.48. The molecule has 0 saturated heterocycles. The summed E-state index contributed by atoms with van der Waals surface area (Å²) >= 11 is 1.71. The standard InChI is InChI=1S/C12H13NS/c1-8-9(2)13-12(14-3)11-7-5-4-6-10(8)11/h4-7H,1-3H3. The second-order valence-corrected chi connectivity index (χ2v) is 4.17. The van der Waals surface area contributed by atoms with Gasteiger partial charge >= 0.3 is 0 Å². The Kier molecular flexibility index (Phi) is 2.46. The molecule has 1 aromatic carbocycles. The van der Waals surface area contributed by atoms with Crippen LogP contribution in [0.3, 0.4) is 0 Å². The topological polar surface area (TPSA) is 12.9 Å². The molecule has 0 amide bonds. The number of rotatable bonds is 1. The lowest BCUT2D eigenvalue weighted by Gasteiger charge is -2.08. The Morgan fingerprint density at radius 2 is 1.71 bits per heavy atom. The highest BCUT2D eigenvalue weighted by atomic mass is 32.2. The third-order valence-electron chi connectivity index (χ3n) is 2.57. The van der Waals surface area contributed by atoms with Crippen molar-refractivity contribution in [2.75, 3.05) is 6.26 Å². The SMILES string of the molecule is CSc1nc(C)c(C)c2ccccc12. The van der Waals surface area contributed by atoms with E-state index in [1.807, 2.05) is 0 Å². The molecule has 14 heavy (non-hydrogen) atoms. The molecular weight excluding hydrogens is 190 g/mol. The minimum absolute atomic E-state index is 1.13. The van der Waals surface area contributed by atoms with Gasteiger partial charge in [-0.3, -0.25) is 0 Å². The maximum absolute atomic E-state index is 4.58. The fraction of sp³-hybridized carbons (Fsp3) is 0.250. The fourth-order valence-corrected chi connectivity index (χ4v) is 2.27. The van der Waals surface area contributed by atoms with Crippen molar-refractivity contribution >= 4 is 22.5 Å². The highest BCUT2D eigenvalue weighted by Crippen LogP contribution is 2.27. The van der Waals surface area contributed by atoms with Crippen LogP contribution in [0.5, 0.6) is 0 Å². The van der Waals surface area contributed by atoms with Crippen molar-refractivity contribution in [1.82, 2.24) is 4.98 Å². The van der Waals surface area contributed by atoms with Crippen LogP contribution in [0.25, 0.3) is 10.8 Å². The van der Waals surface area contributed by atoms with E-state index in [1.54, 1.807) is 11.8 Å². The molecule has 0 fully saturated rings. The maximum Gasteiger partial charge on any atom is 0.104 e. The zero-order chi connectivity index (χ0) is 10.1. The van der Waals surface area contributed by atoms with Crippen LogP contribution in [-0.2, 0) is 0 Å². The van der Waals surface area contributed by atoms with E-state index >= 15 is 0 Å². The fourth-order valence-electron chi connectivity index (χ4n) is 1.64. The average Bonchev–Trinajstić information content (AvgIpc) is 2.23. The number of hydrogen-bond acceptors (Lipinski definition) is 2. The molecule has 1 heterocycles. The highest BCUT2D eigenvalue weighted by molar-refractivity contribution is 7.98. The molecule has 1 nitrogen and oxygen atoms in total. The number of aryl methyl sites for hydroxylation is 2. The van der Waals surface area contributed by atoms with E-state index in [0.29, 0.717) is 0 Å². The van der Waals surface area contributed by atoms with Crippen LogP contribution < -0.4 is 0 Å². The van der Waals surface area contributed by atoms with Crippen molar-refractivity contribution in [3.63, 3.8) is 0 Å². The van der Waals surface area contributed by atoms with Crippen LogP contribution in [0.4, 0.5) is 0 Å². The van der Waals surface area contributed by atoms with Gasteiger partial charge in [-0.15, -0.1) is 11.8 Å². The Balaban J connectivity index is 2.89. The van der Waals surface area contributed by atoms with E-state index in [0.717, 1.165) is 10.7 Å². The second-order valence-electron chi connectivity index (χ2n) is 3.38. The second kappa shape index (κ2) is 3.62. The largest absolute Gasteiger partial charge is 0.246 e. The van der Waals surface area contributed by atoms with Crippen molar-refractivity contribution in [2.24, 2.45) is 0 Å². The quantitative estimate of drug-likeness (QED) is 0.657. The lowest BCUT2D eigenvalue weighted by atomic mass is 10.1. The lowest BCUT2D eigenvalue weighted by molar-refractivity contribution is 1.07. The van der Waals surface area contributed by atoms with Crippen LogP contribution in [0.1, 0.15) is 11.3 Å².